The van der Waals surface area contributed by atoms with Gasteiger partial charge in [-0.2, -0.15) is 0 Å². The standard InChI is InChI=1S/C18H21BN4S/c1-5-12-14-13(9(2)3)15(23-18(14)24-16(12)19)11-6-10(4)17(21-7-11)22-8-20/h6-9,23H,5H2,1-4H3,(H2,20,21,22). The van der Waals surface area contributed by atoms with E-state index in [2.05, 4.69) is 41.8 Å². The zero-order valence-electron chi connectivity index (χ0n) is 14.5. The highest BCUT2D eigenvalue weighted by Gasteiger charge is 2.21. The fraction of sp³-hybridized carbons (Fsp3) is 0.333. The molecule has 3 aromatic heterocycles. The smallest absolute Gasteiger partial charge is 0.156 e. The lowest BCUT2D eigenvalue weighted by Crippen LogP contribution is -2.03. The van der Waals surface area contributed by atoms with Gasteiger partial charge in [0.05, 0.1) is 12.0 Å². The maximum Gasteiger partial charge on any atom is 0.156 e. The predicted molar refractivity (Wildman–Crippen MR) is 105 cm³/mol. The molecule has 122 valence electrons. The Kier molecular flexibility index (Phi) is 4.50. The van der Waals surface area contributed by atoms with Crippen LogP contribution in [0.2, 0.25) is 0 Å². The van der Waals surface area contributed by atoms with Gasteiger partial charge in [0.2, 0.25) is 0 Å². The Balaban J connectivity index is 2.25. The summed E-state index contributed by atoms with van der Waals surface area (Å²) in [6.07, 6.45) is 4.06. The van der Waals surface area contributed by atoms with Gasteiger partial charge in [-0.3, -0.25) is 0 Å². The monoisotopic (exact) mass is 336 g/mol. The average Bonchev–Trinajstić information content (AvgIpc) is 3.03. The first kappa shape index (κ1) is 16.8. The number of aliphatic imine (C=N–C) groups is 1. The Morgan fingerprint density at radius 3 is 2.79 bits per heavy atom. The maximum absolute atomic E-state index is 6.20. The quantitative estimate of drug-likeness (QED) is 0.433. The summed E-state index contributed by atoms with van der Waals surface area (Å²) in [6, 6.07) is 2.10. The van der Waals surface area contributed by atoms with Crippen LogP contribution in [0, 0.1) is 6.92 Å². The van der Waals surface area contributed by atoms with Gasteiger partial charge < -0.3 is 10.7 Å². The fourth-order valence-corrected chi connectivity index (χ4v) is 4.31. The fourth-order valence-electron chi connectivity index (χ4n) is 3.23. The number of thiophene rings is 1. The molecule has 3 N–H and O–H groups in total. The molecule has 0 spiro atoms. The second kappa shape index (κ2) is 6.44. The number of rotatable bonds is 4. The SMILES string of the molecule is [B]c1sc2[nH]c(-c3cnc(N=CN)c(C)c3)c(C(C)C)c2c1CC. The molecule has 4 nitrogen and oxygen atoms in total. The van der Waals surface area contributed by atoms with Crippen molar-refractivity contribution >= 4 is 46.3 Å². The van der Waals surface area contributed by atoms with Gasteiger partial charge in [0.15, 0.2) is 5.82 Å². The number of pyridine rings is 1. The van der Waals surface area contributed by atoms with Crippen molar-refractivity contribution in [1.29, 1.82) is 0 Å². The summed E-state index contributed by atoms with van der Waals surface area (Å²) < 4.78 is 0.911. The molecule has 0 amide bonds. The number of hydrogen-bond donors (Lipinski definition) is 2. The Morgan fingerprint density at radius 1 is 1.46 bits per heavy atom. The molecule has 24 heavy (non-hydrogen) atoms. The number of aromatic nitrogens is 2. The first-order chi connectivity index (χ1) is 11.5. The van der Waals surface area contributed by atoms with E-state index in [1.807, 2.05) is 13.1 Å². The van der Waals surface area contributed by atoms with Gasteiger partial charge in [0.25, 0.3) is 0 Å². The summed E-state index contributed by atoms with van der Waals surface area (Å²) in [5, 5.41) is 1.28. The lowest BCUT2D eigenvalue weighted by atomic mass is 9.91. The normalized spacial score (nSPS) is 12.0. The van der Waals surface area contributed by atoms with E-state index in [4.69, 9.17) is 13.6 Å². The van der Waals surface area contributed by atoms with Gasteiger partial charge in [-0.15, -0.1) is 11.3 Å². The highest BCUT2D eigenvalue weighted by atomic mass is 32.1. The van der Waals surface area contributed by atoms with Gasteiger partial charge >= 0.3 is 0 Å². The Labute approximate surface area is 147 Å². The van der Waals surface area contributed by atoms with Crippen LogP contribution in [0.5, 0.6) is 0 Å². The molecular weight excluding hydrogens is 315 g/mol. The largest absolute Gasteiger partial charge is 0.390 e. The van der Waals surface area contributed by atoms with Crippen LogP contribution in [0.1, 0.15) is 43.4 Å². The predicted octanol–water partition coefficient (Wildman–Crippen LogP) is 3.70. The molecule has 0 bridgehead atoms. The highest BCUT2D eigenvalue weighted by molar-refractivity contribution is 7.26. The summed E-state index contributed by atoms with van der Waals surface area (Å²) >= 11 is 1.63. The minimum atomic E-state index is 0.384. The number of nitrogens with two attached hydrogens (primary N) is 1. The van der Waals surface area contributed by atoms with Crippen molar-refractivity contribution in [3.8, 4) is 11.3 Å². The van der Waals surface area contributed by atoms with Crippen molar-refractivity contribution in [2.24, 2.45) is 10.7 Å². The van der Waals surface area contributed by atoms with E-state index < -0.39 is 0 Å². The first-order valence-electron chi connectivity index (χ1n) is 8.11. The number of H-pyrrole nitrogens is 1. The van der Waals surface area contributed by atoms with Crippen LogP contribution in [-0.2, 0) is 6.42 Å². The third-order valence-corrected chi connectivity index (χ3v) is 5.26. The van der Waals surface area contributed by atoms with Crippen molar-refractivity contribution < 1.29 is 0 Å². The van der Waals surface area contributed by atoms with Crippen LogP contribution in [0.25, 0.3) is 21.5 Å². The maximum atomic E-state index is 6.20. The molecule has 3 rings (SSSR count). The van der Waals surface area contributed by atoms with Gasteiger partial charge in [0, 0.05) is 17.1 Å². The molecule has 0 unspecified atom stereocenters. The number of fused-ring (bicyclic) bond motifs is 1. The van der Waals surface area contributed by atoms with E-state index in [9.17, 15) is 0 Å². The molecule has 0 saturated carbocycles. The van der Waals surface area contributed by atoms with Gasteiger partial charge in [-0.05, 0) is 46.8 Å². The second-order valence-electron chi connectivity index (χ2n) is 6.21. The lowest BCUT2D eigenvalue weighted by molar-refractivity contribution is 0.876. The Hall–Kier alpha value is -2.08. The molecule has 0 aromatic carbocycles. The minimum absolute atomic E-state index is 0.384. The minimum Gasteiger partial charge on any atom is -0.390 e. The molecular formula is C18H21BN4S. The van der Waals surface area contributed by atoms with Crippen LogP contribution in [-0.4, -0.2) is 24.2 Å². The molecule has 3 heterocycles. The van der Waals surface area contributed by atoms with E-state index >= 15 is 0 Å². The van der Waals surface area contributed by atoms with E-state index in [0.717, 1.165) is 32.8 Å². The summed E-state index contributed by atoms with van der Waals surface area (Å²) in [4.78, 5) is 13.2. The Morgan fingerprint density at radius 2 is 2.21 bits per heavy atom. The highest BCUT2D eigenvalue weighted by Crippen LogP contribution is 2.39. The van der Waals surface area contributed by atoms with Gasteiger partial charge in [0.1, 0.15) is 12.7 Å². The molecule has 0 aliphatic carbocycles. The molecule has 0 atom stereocenters. The van der Waals surface area contributed by atoms with E-state index in [0.29, 0.717) is 11.7 Å². The summed E-state index contributed by atoms with van der Waals surface area (Å²) in [7, 11) is 6.20. The van der Waals surface area contributed by atoms with E-state index in [1.54, 1.807) is 11.3 Å². The topological polar surface area (TPSA) is 67.1 Å². The number of nitrogens with zero attached hydrogens (tertiary/aromatic N) is 2. The molecule has 0 aliphatic heterocycles. The zero-order valence-corrected chi connectivity index (χ0v) is 15.3. The second-order valence-corrected chi connectivity index (χ2v) is 7.27. The van der Waals surface area contributed by atoms with Crippen molar-refractivity contribution in [2.75, 3.05) is 0 Å². The van der Waals surface area contributed by atoms with Crippen LogP contribution in [0.4, 0.5) is 5.82 Å². The van der Waals surface area contributed by atoms with Crippen LogP contribution in [0.3, 0.4) is 0 Å². The molecule has 2 radical (unpaired) electrons. The molecule has 0 saturated heterocycles. The summed E-state index contributed by atoms with van der Waals surface area (Å²) in [5.74, 6) is 1.04. The van der Waals surface area contributed by atoms with Crippen molar-refractivity contribution in [1.82, 2.24) is 9.97 Å². The summed E-state index contributed by atoms with van der Waals surface area (Å²) in [5.41, 5.74) is 11.1. The summed E-state index contributed by atoms with van der Waals surface area (Å²) in [6.45, 7) is 8.58. The van der Waals surface area contributed by atoms with Crippen LogP contribution < -0.4 is 10.5 Å². The molecule has 0 aliphatic rings. The van der Waals surface area contributed by atoms with Gasteiger partial charge in [-0.1, -0.05) is 20.8 Å². The van der Waals surface area contributed by atoms with Crippen molar-refractivity contribution in [3.63, 3.8) is 0 Å². The molecule has 0 fully saturated rings. The Bertz CT molecular complexity index is 921. The number of aryl methyl sites for hydroxylation is 2. The molecule has 3 aromatic rings. The lowest BCUT2D eigenvalue weighted by Gasteiger charge is -2.11. The van der Waals surface area contributed by atoms with Crippen LogP contribution in [0.15, 0.2) is 17.3 Å². The third kappa shape index (κ3) is 2.65. The van der Waals surface area contributed by atoms with Crippen LogP contribution >= 0.6 is 11.3 Å². The van der Waals surface area contributed by atoms with Crippen molar-refractivity contribution in [3.05, 3.63) is 29.0 Å². The number of hydrogen-bond acceptors (Lipinski definition) is 3. The van der Waals surface area contributed by atoms with Gasteiger partial charge in [-0.25, -0.2) is 9.98 Å². The molecule has 6 heteroatoms. The van der Waals surface area contributed by atoms with Crippen molar-refractivity contribution in [2.45, 2.75) is 40.0 Å². The van der Waals surface area contributed by atoms with E-state index in [-0.39, 0.29) is 0 Å². The third-order valence-electron chi connectivity index (χ3n) is 4.28. The zero-order chi connectivity index (χ0) is 17.4. The average molecular weight is 336 g/mol. The number of aromatic amines is 1. The first-order valence-corrected chi connectivity index (χ1v) is 8.93. The number of nitrogens with one attached hydrogen (secondary N) is 1. The van der Waals surface area contributed by atoms with E-state index in [1.165, 1.54) is 22.9 Å².